The molecular weight excluding hydrogens is 286 g/mol. The van der Waals surface area contributed by atoms with Gasteiger partial charge in [-0.3, -0.25) is 4.79 Å². The van der Waals surface area contributed by atoms with Crippen LogP contribution in [0.5, 0.6) is 0 Å². The normalized spacial score (nSPS) is 20.2. The fourth-order valence-corrected chi connectivity index (χ4v) is 3.76. The fraction of sp³-hybridized carbons (Fsp3) is 0.467. The van der Waals surface area contributed by atoms with Crippen molar-refractivity contribution in [1.29, 1.82) is 0 Å². The Morgan fingerprint density at radius 1 is 1.52 bits per heavy atom. The summed E-state index contributed by atoms with van der Waals surface area (Å²) in [4.78, 5) is 14.4. The molecule has 21 heavy (non-hydrogen) atoms. The summed E-state index contributed by atoms with van der Waals surface area (Å²) in [6.07, 6.45) is 1.45. The Morgan fingerprint density at radius 3 is 2.81 bits per heavy atom. The van der Waals surface area contributed by atoms with Crippen LogP contribution < -0.4 is 5.73 Å². The van der Waals surface area contributed by atoms with Crippen molar-refractivity contribution >= 4 is 23.5 Å². The molecule has 3 N–H and O–H groups in total. The average Bonchev–Trinajstić information content (AvgIpc) is 3.06. The van der Waals surface area contributed by atoms with Gasteiger partial charge in [0.1, 0.15) is 5.92 Å². The molecule has 1 aromatic rings. The molecule has 1 fully saturated rings. The molecule has 1 aliphatic rings. The zero-order valence-corrected chi connectivity index (χ0v) is 12.9. The van der Waals surface area contributed by atoms with E-state index in [2.05, 4.69) is 5.16 Å². The summed E-state index contributed by atoms with van der Waals surface area (Å²) in [5.74, 6) is 1.31. The maximum absolute atomic E-state index is 12.7. The molecule has 1 saturated heterocycles. The number of amidine groups is 1. The van der Waals surface area contributed by atoms with Gasteiger partial charge in [0.15, 0.2) is 5.84 Å². The van der Waals surface area contributed by atoms with Gasteiger partial charge in [-0.25, -0.2) is 0 Å². The van der Waals surface area contributed by atoms with Crippen molar-refractivity contribution in [2.75, 3.05) is 18.6 Å². The Bertz CT molecular complexity index is 501. The highest BCUT2D eigenvalue weighted by Gasteiger charge is 2.31. The van der Waals surface area contributed by atoms with Crippen LogP contribution in [0.25, 0.3) is 0 Å². The third-order valence-electron chi connectivity index (χ3n) is 3.85. The Labute approximate surface area is 129 Å². The highest BCUT2D eigenvalue weighted by Crippen LogP contribution is 2.23. The molecule has 2 rings (SSSR count). The monoisotopic (exact) mass is 307 g/mol. The molecule has 1 aliphatic heterocycles. The van der Waals surface area contributed by atoms with Gasteiger partial charge in [0.2, 0.25) is 5.91 Å². The van der Waals surface area contributed by atoms with E-state index in [9.17, 15) is 4.79 Å². The molecule has 1 aromatic carbocycles. The summed E-state index contributed by atoms with van der Waals surface area (Å²) in [5.41, 5.74) is 6.75. The number of oxime groups is 1. The average molecular weight is 307 g/mol. The van der Waals surface area contributed by atoms with E-state index in [1.807, 2.05) is 49.1 Å². The molecule has 2 unspecified atom stereocenters. The summed E-state index contributed by atoms with van der Waals surface area (Å²) in [6, 6.07) is 9.88. The summed E-state index contributed by atoms with van der Waals surface area (Å²) >= 11 is 1.85. The van der Waals surface area contributed by atoms with Crippen LogP contribution in [-0.2, 0) is 11.2 Å². The predicted molar refractivity (Wildman–Crippen MR) is 85.5 cm³/mol. The molecule has 5 nitrogen and oxygen atoms in total. The molecule has 0 bridgehead atoms. The van der Waals surface area contributed by atoms with Crippen LogP contribution in [0.4, 0.5) is 0 Å². The largest absolute Gasteiger partial charge is 0.409 e. The zero-order valence-electron chi connectivity index (χ0n) is 12.1. The van der Waals surface area contributed by atoms with Crippen LogP contribution in [0.3, 0.4) is 0 Å². The molecule has 0 aromatic heterocycles. The van der Waals surface area contributed by atoms with Gasteiger partial charge < -0.3 is 15.8 Å². The van der Waals surface area contributed by atoms with Crippen molar-refractivity contribution < 1.29 is 10.0 Å². The van der Waals surface area contributed by atoms with Crippen LogP contribution in [0.15, 0.2) is 35.5 Å². The van der Waals surface area contributed by atoms with Gasteiger partial charge in [0, 0.05) is 18.8 Å². The van der Waals surface area contributed by atoms with Crippen molar-refractivity contribution in [2.24, 2.45) is 16.8 Å². The number of hydrogen-bond donors (Lipinski definition) is 2. The maximum Gasteiger partial charge on any atom is 0.233 e. The maximum atomic E-state index is 12.7. The second-order valence-electron chi connectivity index (χ2n) is 5.23. The summed E-state index contributed by atoms with van der Waals surface area (Å²) in [6.45, 7) is 0. The number of amides is 1. The highest BCUT2D eigenvalue weighted by molar-refractivity contribution is 7.99. The van der Waals surface area contributed by atoms with E-state index in [4.69, 9.17) is 10.9 Å². The van der Waals surface area contributed by atoms with E-state index in [-0.39, 0.29) is 17.8 Å². The highest BCUT2D eigenvalue weighted by atomic mass is 32.2. The molecule has 2 atom stereocenters. The Kier molecular flexibility index (Phi) is 5.50. The molecule has 0 radical (unpaired) electrons. The van der Waals surface area contributed by atoms with Crippen molar-refractivity contribution in [1.82, 2.24) is 4.90 Å². The molecule has 1 heterocycles. The molecule has 0 spiro atoms. The Morgan fingerprint density at radius 2 is 2.24 bits per heavy atom. The first-order valence-electron chi connectivity index (χ1n) is 6.99. The molecule has 114 valence electrons. The third-order valence-corrected chi connectivity index (χ3v) is 5.00. The topological polar surface area (TPSA) is 78.9 Å². The second-order valence-corrected chi connectivity index (χ2v) is 6.38. The van der Waals surface area contributed by atoms with E-state index in [0.717, 1.165) is 23.5 Å². The summed E-state index contributed by atoms with van der Waals surface area (Å²) < 4.78 is 0. The lowest BCUT2D eigenvalue weighted by atomic mass is 9.96. The van der Waals surface area contributed by atoms with Gasteiger partial charge in [0.05, 0.1) is 0 Å². The Hall–Kier alpha value is -1.69. The Balaban J connectivity index is 2.13. The number of carbonyl (C=O) groups is 1. The van der Waals surface area contributed by atoms with Crippen LogP contribution in [-0.4, -0.2) is 46.4 Å². The number of nitrogens with two attached hydrogens (primary N) is 1. The van der Waals surface area contributed by atoms with Crippen LogP contribution >= 0.6 is 11.8 Å². The second kappa shape index (κ2) is 7.36. The minimum Gasteiger partial charge on any atom is -0.409 e. The van der Waals surface area contributed by atoms with Crippen molar-refractivity contribution in [3.8, 4) is 0 Å². The first kappa shape index (κ1) is 15.7. The van der Waals surface area contributed by atoms with Crippen LogP contribution in [0.1, 0.15) is 12.0 Å². The SMILES string of the molecule is CN(C(=O)C(Cc1ccccc1)C(N)=NO)C1CCSC1. The van der Waals surface area contributed by atoms with Gasteiger partial charge in [-0.2, -0.15) is 11.8 Å². The number of benzene rings is 1. The lowest BCUT2D eigenvalue weighted by Crippen LogP contribution is -2.45. The van der Waals surface area contributed by atoms with Gasteiger partial charge in [-0.1, -0.05) is 35.5 Å². The first-order chi connectivity index (χ1) is 10.1. The minimum atomic E-state index is -0.618. The van der Waals surface area contributed by atoms with Crippen molar-refractivity contribution in [2.45, 2.75) is 18.9 Å². The van der Waals surface area contributed by atoms with Crippen molar-refractivity contribution in [3.05, 3.63) is 35.9 Å². The lowest BCUT2D eigenvalue weighted by molar-refractivity contribution is -0.133. The number of rotatable bonds is 5. The van der Waals surface area contributed by atoms with E-state index < -0.39 is 5.92 Å². The number of thioether (sulfide) groups is 1. The number of hydrogen-bond acceptors (Lipinski definition) is 4. The van der Waals surface area contributed by atoms with Crippen LogP contribution in [0.2, 0.25) is 0 Å². The molecule has 1 amide bonds. The molecule has 6 heteroatoms. The number of carbonyl (C=O) groups excluding carboxylic acids is 1. The number of nitrogens with zero attached hydrogens (tertiary/aromatic N) is 2. The summed E-state index contributed by atoms with van der Waals surface area (Å²) in [5, 5.41) is 12.0. The molecular formula is C15H21N3O2S. The molecule has 0 saturated carbocycles. The van der Waals surface area contributed by atoms with Gasteiger partial charge in [0.25, 0.3) is 0 Å². The van der Waals surface area contributed by atoms with Gasteiger partial charge in [-0.15, -0.1) is 0 Å². The van der Waals surface area contributed by atoms with E-state index >= 15 is 0 Å². The summed E-state index contributed by atoms with van der Waals surface area (Å²) in [7, 11) is 1.81. The predicted octanol–water partition coefficient (Wildman–Crippen LogP) is 1.56. The van der Waals surface area contributed by atoms with Crippen LogP contribution in [0, 0.1) is 5.92 Å². The standard InChI is InChI=1S/C15H21N3O2S/c1-18(12-7-8-21-10-12)15(19)13(14(16)17-20)9-11-5-3-2-4-6-11/h2-6,12-13,20H,7-10H2,1H3,(H2,16,17). The van der Waals surface area contributed by atoms with Crippen molar-refractivity contribution in [3.63, 3.8) is 0 Å². The third kappa shape index (κ3) is 3.91. The lowest BCUT2D eigenvalue weighted by Gasteiger charge is -2.28. The van der Waals surface area contributed by atoms with E-state index in [1.54, 1.807) is 4.90 Å². The fourth-order valence-electron chi connectivity index (χ4n) is 2.49. The van der Waals surface area contributed by atoms with Gasteiger partial charge in [-0.05, 0) is 24.2 Å². The smallest absolute Gasteiger partial charge is 0.233 e. The zero-order chi connectivity index (χ0) is 15.2. The van der Waals surface area contributed by atoms with E-state index in [0.29, 0.717) is 6.42 Å². The minimum absolute atomic E-state index is 0.0265. The first-order valence-corrected chi connectivity index (χ1v) is 8.14. The van der Waals surface area contributed by atoms with E-state index in [1.165, 1.54) is 0 Å². The molecule has 0 aliphatic carbocycles. The van der Waals surface area contributed by atoms with Gasteiger partial charge >= 0.3 is 0 Å². The quantitative estimate of drug-likeness (QED) is 0.374.